The van der Waals surface area contributed by atoms with Gasteiger partial charge in [-0.3, -0.25) is 19.2 Å². The zero-order valence-corrected chi connectivity index (χ0v) is 40.4. The summed E-state index contributed by atoms with van der Waals surface area (Å²) in [5.41, 5.74) is 1.24. The molecule has 0 saturated heterocycles. The lowest BCUT2D eigenvalue weighted by Crippen LogP contribution is -2.67. The molecule has 0 aromatic heterocycles. The van der Waals surface area contributed by atoms with E-state index < -0.39 is 22.7 Å². The summed E-state index contributed by atoms with van der Waals surface area (Å²) >= 11 is 0. The summed E-state index contributed by atoms with van der Waals surface area (Å²) in [6, 6.07) is 0. The van der Waals surface area contributed by atoms with Crippen LogP contribution in [0.25, 0.3) is 0 Å². The second kappa shape index (κ2) is 15.9. The number of esters is 2. The quantitative estimate of drug-likeness (QED) is 0.191. The molecule has 8 rings (SSSR count). The normalized spacial score (nSPS) is 48.3. The molecule has 0 N–H and O–H groups in total. The highest BCUT2D eigenvalue weighted by Gasteiger charge is 2.71. The number of hydrogen-bond acceptors (Lipinski definition) is 8. The first-order valence-corrected chi connectivity index (χ1v) is 24.5. The Balaban J connectivity index is 0.000000186. The average molecular weight is 857 g/mol. The van der Waals surface area contributed by atoms with Crippen LogP contribution in [0, 0.1) is 90.7 Å². The van der Waals surface area contributed by atoms with E-state index in [2.05, 4.69) is 69.2 Å². The molecule has 344 valence electrons. The van der Waals surface area contributed by atoms with E-state index >= 15 is 0 Å². The lowest BCUT2D eigenvalue weighted by molar-refractivity contribution is -0.238. The minimum absolute atomic E-state index is 0.0657. The van der Waals surface area contributed by atoms with Crippen LogP contribution in [0.4, 0.5) is 0 Å². The minimum Gasteiger partial charge on any atom is -0.462 e. The van der Waals surface area contributed by atoms with Gasteiger partial charge in [0.1, 0.15) is 37.4 Å². The highest BCUT2D eigenvalue weighted by atomic mass is 16.5. The van der Waals surface area contributed by atoms with Crippen molar-refractivity contribution in [2.45, 2.75) is 185 Å². The fraction of sp³-hybridized carbons (Fsp3) is 0.815. The molecule has 8 heteroatoms. The van der Waals surface area contributed by atoms with Crippen molar-refractivity contribution in [2.75, 3.05) is 0 Å². The van der Waals surface area contributed by atoms with Crippen molar-refractivity contribution in [1.29, 1.82) is 0 Å². The van der Waals surface area contributed by atoms with E-state index in [1.165, 1.54) is 65.2 Å². The van der Waals surface area contributed by atoms with Crippen LogP contribution in [0.3, 0.4) is 0 Å². The van der Waals surface area contributed by atoms with E-state index in [0.29, 0.717) is 45.6 Å². The Morgan fingerprint density at radius 3 is 1.15 bits per heavy atom. The molecule has 0 amide bonds. The molecule has 62 heavy (non-hydrogen) atoms. The zero-order chi connectivity index (χ0) is 45.6. The van der Waals surface area contributed by atoms with E-state index in [4.69, 9.17) is 9.47 Å². The molecule has 16 atom stereocenters. The van der Waals surface area contributed by atoms with Gasteiger partial charge in [0.05, 0.1) is 11.8 Å². The van der Waals surface area contributed by atoms with Crippen LogP contribution in [0.15, 0.2) is 23.3 Å². The highest BCUT2D eigenvalue weighted by molar-refractivity contribution is 5.83. The maximum atomic E-state index is 12.3. The lowest BCUT2D eigenvalue weighted by atomic mass is 9.34. The largest absolute Gasteiger partial charge is 0.462 e. The van der Waals surface area contributed by atoms with Crippen LogP contribution in [0.5, 0.6) is 0 Å². The molecule has 8 aliphatic carbocycles. The Bertz CT molecular complexity index is 1760. The lowest BCUT2D eigenvalue weighted by Gasteiger charge is -2.70. The molecule has 6 fully saturated rings. The predicted octanol–water partition coefficient (Wildman–Crippen LogP) is 11.1. The third kappa shape index (κ3) is 6.76. The summed E-state index contributed by atoms with van der Waals surface area (Å²) in [5, 5.41) is 0. The van der Waals surface area contributed by atoms with Gasteiger partial charge >= 0.3 is 11.9 Å². The summed E-state index contributed by atoms with van der Waals surface area (Å²) in [6.45, 7) is 26.8. The Hall–Kier alpha value is -2.90. The number of carbonyl (C=O) groups excluding carboxylic acids is 6. The molecule has 6 saturated carbocycles. The van der Waals surface area contributed by atoms with E-state index in [9.17, 15) is 28.8 Å². The van der Waals surface area contributed by atoms with Gasteiger partial charge in [0.15, 0.2) is 0 Å². The predicted molar refractivity (Wildman–Crippen MR) is 240 cm³/mol. The van der Waals surface area contributed by atoms with Crippen molar-refractivity contribution in [3.63, 3.8) is 0 Å². The average Bonchev–Trinajstić information content (AvgIpc) is 3.17. The molecular weight excluding hydrogens is 777 g/mol. The van der Waals surface area contributed by atoms with Gasteiger partial charge in [-0.15, -0.1) is 0 Å². The third-order valence-corrected chi connectivity index (χ3v) is 21.5. The number of allylic oxidation sites excluding steroid dienone is 4. The molecule has 0 heterocycles. The number of carbonyl (C=O) groups is 6. The third-order valence-electron chi connectivity index (χ3n) is 21.5. The first-order chi connectivity index (χ1) is 28.9. The van der Waals surface area contributed by atoms with Crippen molar-refractivity contribution < 1.29 is 38.2 Å². The van der Waals surface area contributed by atoms with Crippen LogP contribution < -0.4 is 0 Å². The SMILES string of the molecule is CC(=O)O[C@H]1C[C@@H]2[C@@]3(C)CCCC(C)(C)[C@@H]3CC[C@@]2(C)[C@@H]2CC=C(C=O)[C@H](C=O)[C@@]12C.CC(=O)O[C@H]1C[C@@H]2[C@@]3(C)CCCC(C)(C)[C@@H]3CC[C@@]2(C)[C@@H]2CC=C(C=O)[C@H](C=O)[C@@]12C. The number of aldehydes is 4. The van der Waals surface area contributed by atoms with Crippen molar-refractivity contribution in [1.82, 2.24) is 0 Å². The van der Waals surface area contributed by atoms with Gasteiger partial charge < -0.3 is 19.1 Å². The number of ether oxygens (including phenoxy) is 2. The summed E-state index contributed by atoms with van der Waals surface area (Å²) in [5.74, 6) is 1.04. The second-order valence-electron chi connectivity index (χ2n) is 24.8. The number of fused-ring (bicyclic) bond motifs is 10. The van der Waals surface area contributed by atoms with Gasteiger partial charge in [-0.2, -0.15) is 0 Å². The Labute approximate surface area is 373 Å². The fourth-order valence-corrected chi connectivity index (χ4v) is 18.9. The molecule has 8 aliphatic rings. The minimum atomic E-state index is -0.545. The van der Waals surface area contributed by atoms with Crippen molar-refractivity contribution in [3.8, 4) is 0 Å². The smallest absolute Gasteiger partial charge is 0.302 e. The summed E-state index contributed by atoms with van der Waals surface area (Å²) in [7, 11) is 0. The molecule has 0 aliphatic heterocycles. The highest BCUT2D eigenvalue weighted by Crippen LogP contribution is 2.75. The Morgan fingerprint density at radius 1 is 0.500 bits per heavy atom. The molecular formula is C54H80O8. The fourth-order valence-electron chi connectivity index (χ4n) is 18.9. The van der Waals surface area contributed by atoms with E-state index in [0.717, 1.165) is 63.7 Å². The summed E-state index contributed by atoms with van der Waals surface area (Å²) in [4.78, 5) is 72.6. The first kappa shape index (κ1) is 47.1. The summed E-state index contributed by atoms with van der Waals surface area (Å²) in [6.07, 6.45) is 22.2. The summed E-state index contributed by atoms with van der Waals surface area (Å²) < 4.78 is 12.0. The maximum absolute atomic E-state index is 12.3. The monoisotopic (exact) mass is 857 g/mol. The van der Waals surface area contributed by atoms with Gasteiger partial charge in [-0.1, -0.05) is 94.2 Å². The van der Waals surface area contributed by atoms with Crippen LogP contribution in [0.2, 0.25) is 0 Å². The van der Waals surface area contributed by atoms with Crippen molar-refractivity contribution in [3.05, 3.63) is 23.3 Å². The molecule has 0 aromatic rings. The van der Waals surface area contributed by atoms with Gasteiger partial charge in [0.2, 0.25) is 0 Å². The topological polar surface area (TPSA) is 121 Å². The van der Waals surface area contributed by atoms with Gasteiger partial charge in [-0.05, 0) is 156 Å². The zero-order valence-electron chi connectivity index (χ0n) is 40.4. The molecule has 0 spiro atoms. The molecule has 0 unspecified atom stereocenters. The molecule has 0 radical (unpaired) electrons. The Morgan fingerprint density at radius 2 is 0.839 bits per heavy atom. The number of hydrogen-bond donors (Lipinski definition) is 0. The maximum Gasteiger partial charge on any atom is 0.302 e. The van der Waals surface area contributed by atoms with Crippen LogP contribution in [-0.2, 0) is 38.2 Å². The van der Waals surface area contributed by atoms with Gasteiger partial charge in [-0.25, -0.2) is 0 Å². The van der Waals surface area contributed by atoms with E-state index in [1.54, 1.807) is 0 Å². The Kier molecular flexibility index (Phi) is 12.1. The second-order valence-corrected chi connectivity index (χ2v) is 24.8. The molecule has 0 aromatic carbocycles. The molecule has 0 bridgehead atoms. The van der Waals surface area contributed by atoms with Gasteiger partial charge in [0.25, 0.3) is 0 Å². The van der Waals surface area contributed by atoms with Crippen LogP contribution in [-0.4, -0.2) is 49.3 Å². The van der Waals surface area contributed by atoms with Crippen LogP contribution >= 0.6 is 0 Å². The first-order valence-electron chi connectivity index (χ1n) is 24.5. The van der Waals surface area contributed by atoms with E-state index in [1.807, 2.05) is 12.2 Å². The van der Waals surface area contributed by atoms with Gasteiger partial charge in [0, 0.05) is 24.7 Å². The van der Waals surface area contributed by atoms with Crippen molar-refractivity contribution >= 4 is 37.1 Å². The number of rotatable bonds is 6. The molecule has 8 nitrogen and oxygen atoms in total. The van der Waals surface area contributed by atoms with Crippen LogP contribution in [0.1, 0.15) is 173 Å². The standard InChI is InChI=1S/2C27H40O4/c2*1-17(30)31-23-14-22-25(4)12-7-11-24(2,3)20(25)10-13-26(22,5)21-9-8-18(15-28)19(16-29)27(21,23)6/h2*8,15-16,19-23H,7,9-14H2,1-6H3/t2*19-,20-,21-,22+,23-,25-,26-,27+/m00/s1. The van der Waals surface area contributed by atoms with Crippen molar-refractivity contribution in [2.24, 2.45) is 90.7 Å². The van der Waals surface area contributed by atoms with E-state index in [-0.39, 0.29) is 57.6 Å².